The molecule has 0 rings (SSSR count). The smallest absolute Gasteiger partial charge is 0.249 e. The van der Waals surface area contributed by atoms with E-state index in [4.69, 9.17) is 0 Å². The minimum Gasteiger partial charge on any atom is -0.394 e. The highest BCUT2D eigenvalue weighted by Gasteiger charge is 2.28. The van der Waals surface area contributed by atoms with Crippen LogP contribution in [0, 0.1) is 0 Å². The van der Waals surface area contributed by atoms with E-state index in [0.29, 0.717) is 12.8 Å². The Morgan fingerprint density at radius 1 is 0.500 bits per heavy atom. The first-order chi connectivity index (χ1) is 20.5. The summed E-state index contributed by atoms with van der Waals surface area (Å²) in [5.74, 6) is -0.584. The number of hydrogen-bond donors (Lipinski definition) is 5. The summed E-state index contributed by atoms with van der Waals surface area (Å²) in [6.45, 7) is 4.02. The predicted octanol–water partition coefficient (Wildman–Crippen LogP) is 8.51. The molecule has 0 aromatic carbocycles. The molecule has 1 amide bonds. The van der Waals surface area contributed by atoms with Gasteiger partial charge in [0.25, 0.3) is 0 Å². The number of nitrogens with one attached hydrogen (secondary N) is 1. The Balaban J connectivity index is 3.79. The lowest BCUT2D eigenvalue weighted by molar-refractivity contribution is -0.132. The van der Waals surface area contributed by atoms with Gasteiger partial charge < -0.3 is 25.7 Å². The molecule has 6 heteroatoms. The molecule has 0 spiro atoms. The molecule has 6 nitrogen and oxygen atoms in total. The number of hydrogen-bond acceptors (Lipinski definition) is 5. The quantitative estimate of drug-likeness (QED) is 0.0486. The highest BCUT2D eigenvalue weighted by atomic mass is 16.3. The van der Waals surface area contributed by atoms with Crippen LogP contribution in [0.1, 0.15) is 194 Å². The lowest BCUT2D eigenvalue weighted by atomic mass is 9.99. The van der Waals surface area contributed by atoms with Crippen molar-refractivity contribution in [1.82, 2.24) is 5.32 Å². The molecule has 0 aromatic rings. The SMILES string of the molecule is CCCCCCCCCCCCCCCCCC(O)C(O)C(CO)NC(=O)C(O)CCCCCCCCCCCCC. The Labute approximate surface area is 260 Å². The van der Waals surface area contributed by atoms with Gasteiger partial charge in [0.05, 0.1) is 18.8 Å². The summed E-state index contributed by atoms with van der Waals surface area (Å²) in [6, 6.07) is -0.976. The Hall–Kier alpha value is -0.690. The summed E-state index contributed by atoms with van der Waals surface area (Å²) in [4.78, 5) is 12.4. The third-order valence-corrected chi connectivity index (χ3v) is 8.82. The molecule has 4 unspecified atom stereocenters. The Morgan fingerprint density at radius 3 is 1.14 bits per heavy atom. The molecule has 4 atom stereocenters. The highest BCUT2D eigenvalue weighted by molar-refractivity contribution is 5.80. The van der Waals surface area contributed by atoms with Gasteiger partial charge in [0.15, 0.2) is 0 Å². The molecular formula is C36H73NO5. The number of aliphatic hydroxyl groups is 4. The zero-order valence-corrected chi connectivity index (χ0v) is 28.0. The van der Waals surface area contributed by atoms with Gasteiger partial charge in [-0.2, -0.15) is 0 Å². The van der Waals surface area contributed by atoms with Gasteiger partial charge in [-0.05, 0) is 12.8 Å². The van der Waals surface area contributed by atoms with Crippen LogP contribution in [0.15, 0.2) is 0 Å². The summed E-state index contributed by atoms with van der Waals surface area (Å²) >= 11 is 0. The molecule has 252 valence electrons. The second-order valence-corrected chi connectivity index (χ2v) is 12.9. The van der Waals surface area contributed by atoms with Crippen molar-refractivity contribution in [3.05, 3.63) is 0 Å². The molecule has 0 bridgehead atoms. The normalized spacial score (nSPS) is 14.5. The van der Waals surface area contributed by atoms with Gasteiger partial charge in [0.1, 0.15) is 12.2 Å². The van der Waals surface area contributed by atoms with E-state index in [1.165, 1.54) is 128 Å². The van der Waals surface area contributed by atoms with Crippen LogP contribution in [0.25, 0.3) is 0 Å². The average molecular weight is 600 g/mol. The minimum absolute atomic E-state index is 0.374. The van der Waals surface area contributed by atoms with Gasteiger partial charge in [-0.25, -0.2) is 0 Å². The van der Waals surface area contributed by atoms with Crippen LogP contribution in [0.4, 0.5) is 0 Å². The topological polar surface area (TPSA) is 110 Å². The van der Waals surface area contributed by atoms with Crippen molar-refractivity contribution >= 4 is 5.91 Å². The highest BCUT2D eigenvalue weighted by Crippen LogP contribution is 2.16. The number of carbonyl (C=O) groups is 1. The van der Waals surface area contributed by atoms with Crippen LogP contribution in [-0.4, -0.2) is 57.3 Å². The summed E-state index contributed by atoms with van der Waals surface area (Å²) in [5.41, 5.74) is 0. The van der Waals surface area contributed by atoms with Gasteiger partial charge in [-0.3, -0.25) is 4.79 Å². The Bertz CT molecular complexity index is 561. The zero-order valence-electron chi connectivity index (χ0n) is 28.0. The molecule has 0 saturated carbocycles. The van der Waals surface area contributed by atoms with Gasteiger partial charge in [0, 0.05) is 0 Å². The van der Waals surface area contributed by atoms with E-state index in [-0.39, 0.29) is 0 Å². The number of unbranched alkanes of at least 4 members (excludes halogenated alkanes) is 24. The summed E-state index contributed by atoms with van der Waals surface area (Å²) in [5, 5.41) is 43.4. The summed E-state index contributed by atoms with van der Waals surface area (Å²) in [7, 11) is 0. The molecule has 0 aliphatic rings. The van der Waals surface area contributed by atoms with Crippen LogP contribution in [0.5, 0.6) is 0 Å². The van der Waals surface area contributed by atoms with Crippen LogP contribution in [-0.2, 0) is 4.79 Å². The van der Waals surface area contributed by atoms with Gasteiger partial charge in [0.2, 0.25) is 5.91 Å². The van der Waals surface area contributed by atoms with Crippen molar-refractivity contribution in [2.24, 2.45) is 0 Å². The van der Waals surface area contributed by atoms with Crippen molar-refractivity contribution in [3.63, 3.8) is 0 Å². The van der Waals surface area contributed by atoms with Gasteiger partial charge in [-0.1, -0.05) is 181 Å². The van der Waals surface area contributed by atoms with Crippen molar-refractivity contribution in [2.75, 3.05) is 6.61 Å². The van der Waals surface area contributed by atoms with Gasteiger partial charge >= 0.3 is 0 Å². The molecule has 0 aliphatic carbocycles. The zero-order chi connectivity index (χ0) is 31.1. The molecule has 0 heterocycles. The second kappa shape index (κ2) is 31.7. The molecule has 0 fully saturated rings. The van der Waals surface area contributed by atoms with Crippen LogP contribution in [0.2, 0.25) is 0 Å². The Kier molecular flexibility index (Phi) is 31.2. The van der Waals surface area contributed by atoms with E-state index in [1.807, 2.05) is 0 Å². The number of rotatable bonds is 33. The first-order valence-electron chi connectivity index (χ1n) is 18.4. The first-order valence-corrected chi connectivity index (χ1v) is 18.4. The maximum atomic E-state index is 12.4. The number of carbonyl (C=O) groups excluding carboxylic acids is 1. The van der Waals surface area contributed by atoms with E-state index < -0.39 is 36.9 Å². The van der Waals surface area contributed by atoms with E-state index in [1.54, 1.807) is 0 Å². The fourth-order valence-corrected chi connectivity index (χ4v) is 5.81. The molecule has 0 aliphatic heterocycles. The fraction of sp³-hybridized carbons (Fsp3) is 0.972. The standard InChI is InChI=1S/C36H73NO5/c1-3-5-7-9-11-13-15-16-17-18-20-21-23-25-27-29-33(39)35(41)32(31-38)37-36(42)34(40)30-28-26-24-22-19-14-12-10-8-6-4-2/h32-35,38-41H,3-31H2,1-2H3,(H,37,42). The van der Waals surface area contributed by atoms with Crippen molar-refractivity contribution < 1.29 is 25.2 Å². The van der Waals surface area contributed by atoms with Crippen molar-refractivity contribution in [3.8, 4) is 0 Å². The monoisotopic (exact) mass is 600 g/mol. The summed E-state index contributed by atoms with van der Waals surface area (Å²) < 4.78 is 0. The van der Waals surface area contributed by atoms with Crippen molar-refractivity contribution in [1.29, 1.82) is 0 Å². The molecule has 5 N–H and O–H groups in total. The first kappa shape index (κ1) is 41.3. The molecule has 0 aromatic heterocycles. The van der Waals surface area contributed by atoms with Crippen LogP contribution >= 0.6 is 0 Å². The van der Waals surface area contributed by atoms with E-state index in [0.717, 1.165) is 38.5 Å². The molecule has 42 heavy (non-hydrogen) atoms. The maximum absolute atomic E-state index is 12.4. The van der Waals surface area contributed by atoms with Crippen LogP contribution in [0.3, 0.4) is 0 Å². The Morgan fingerprint density at radius 2 is 0.810 bits per heavy atom. The third-order valence-electron chi connectivity index (χ3n) is 8.82. The number of amides is 1. The maximum Gasteiger partial charge on any atom is 0.249 e. The van der Waals surface area contributed by atoms with Gasteiger partial charge in [-0.15, -0.1) is 0 Å². The molecule has 0 saturated heterocycles. The lowest BCUT2D eigenvalue weighted by Crippen LogP contribution is -2.53. The minimum atomic E-state index is -1.25. The third kappa shape index (κ3) is 25.8. The lowest BCUT2D eigenvalue weighted by Gasteiger charge is -2.27. The van der Waals surface area contributed by atoms with E-state index >= 15 is 0 Å². The fourth-order valence-electron chi connectivity index (χ4n) is 5.81. The second-order valence-electron chi connectivity index (χ2n) is 12.9. The van der Waals surface area contributed by atoms with E-state index in [2.05, 4.69) is 19.2 Å². The number of aliphatic hydroxyl groups excluding tert-OH is 4. The molecular weight excluding hydrogens is 526 g/mol. The largest absolute Gasteiger partial charge is 0.394 e. The predicted molar refractivity (Wildman–Crippen MR) is 178 cm³/mol. The van der Waals surface area contributed by atoms with E-state index in [9.17, 15) is 25.2 Å². The van der Waals surface area contributed by atoms with Crippen LogP contribution < -0.4 is 5.32 Å². The van der Waals surface area contributed by atoms with Crippen molar-refractivity contribution in [2.45, 2.75) is 218 Å². The average Bonchev–Trinajstić information content (AvgIpc) is 2.99. The summed E-state index contributed by atoms with van der Waals surface area (Å²) in [6.07, 6.45) is 29.8. The molecule has 0 radical (unpaired) electrons.